The Balaban J connectivity index is 2.22. The summed E-state index contributed by atoms with van der Waals surface area (Å²) in [5, 5.41) is 0.280. The lowest BCUT2D eigenvalue weighted by atomic mass is 10.1. The van der Waals surface area contributed by atoms with Crippen LogP contribution in [0.1, 0.15) is 32.0 Å². The van der Waals surface area contributed by atoms with Crippen LogP contribution >= 0.6 is 0 Å². The zero-order chi connectivity index (χ0) is 16.4. The molecule has 1 heterocycles. The van der Waals surface area contributed by atoms with Crippen molar-refractivity contribution in [3.05, 3.63) is 53.9 Å². The molecule has 1 nitrogen and oxygen atoms in total. The normalized spacial score (nSPS) is 11.7. The molecule has 0 N–H and O–H groups in total. The summed E-state index contributed by atoms with van der Waals surface area (Å²) in [6, 6.07) is 12.6. The lowest BCUT2D eigenvalue weighted by Crippen LogP contribution is -2.35. The third kappa shape index (κ3) is 3.87. The lowest BCUT2D eigenvalue weighted by molar-refractivity contribution is 0.731. The fourth-order valence-corrected chi connectivity index (χ4v) is 2.61. The summed E-state index contributed by atoms with van der Waals surface area (Å²) >= 11 is 0. The quantitative estimate of drug-likeness (QED) is 0.504. The second kappa shape index (κ2) is 6.10. The van der Waals surface area contributed by atoms with Gasteiger partial charge in [-0.25, -0.2) is 4.98 Å². The minimum Gasteiger partial charge on any atom is -0.247 e. The van der Waals surface area contributed by atoms with Gasteiger partial charge in [0.15, 0.2) is 0 Å². The second-order valence-electron chi connectivity index (χ2n) is 7.42. The molecule has 0 aliphatic rings. The van der Waals surface area contributed by atoms with Crippen molar-refractivity contribution in [2.24, 2.45) is 0 Å². The number of benzene rings is 1. The molecule has 0 unspecified atom stereocenters. The van der Waals surface area contributed by atoms with Gasteiger partial charge in [-0.05, 0) is 23.6 Å². The molecule has 2 rings (SSSR count). The molecule has 0 atom stereocenters. The number of pyridine rings is 1. The molecule has 0 amide bonds. The summed E-state index contributed by atoms with van der Waals surface area (Å²) in [5.41, 5.74) is 7.98. The van der Waals surface area contributed by atoms with Crippen LogP contribution in [0.4, 0.5) is 0 Å². The van der Waals surface area contributed by atoms with E-state index in [1.807, 2.05) is 12.3 Å². The Hall–Kier alpha value is -1.85. The number of aromatic nitrogens is 1. The van der Waals surface area contributed by atoms with Crippen molar-refractivity contribution in [1.29, 1.82) is 0 Å². The third-order valence-corrected chi connectivity index (χ3v) is 9.03. The minimum atomic E-state index is -1.57. The smallest absolute Gasteiger partial charge is 0.138 e. The van der Waals surface area contributed by atoms with Gasteiger partial charge in [0, 0.05) is 11.8 Å². The van der Waals surface area contributed by atoms with Gasteiger partial charge >= 0.3 is 0 Å². The molecule has 0 saturated carbocycles. The maximum atomic E-state index is 4.51. The van der Waals surface area contributed by atoms with E-state index in [4.69, 9.17) is 0 Å². The van der Waals surface area contributed by atoms with E-state index < -0.39 is 8.07 Å². The van der Waals surface area contributed by atoms with Gasteiger partial charge in [0.25, 0.3) is 0 Å². The van der Waals surface area contributed by atoms with Crippen molar-refractivity contribution in [3.8, 4) is 22.6 Å². The number of nitrogens with zero attached hydrogens (tertiary/aromatic N) is 1. The molecule has 0 aliphatic heterocycles. The maximum absolute atomic E-state index is 4.51. The first kappa shape index (κ1) is 16.5. The summed E-state index contributed by atoms with van der Waals surface area (Å²) in [6.45, 7) is 13.6. The topological polar surface area (TPSA) is 12.9 Å². The predicted octanol–water partition coefficient (Wildman–Crippen LogP) is 5.46. The zero-order valence-electron chi connectivity index (χ0n) is 14.5. The van der Waals surface area contributed by atoms with Gasteiger partial charge < -0.3 is 0 Å². The molecule has 0 fully saturated rings. The molecule has 0 radical (unpaired) electrons. The van der Waals surface area contributed by atoms with E-state index in [1.54, 1.807) is 0 Å². The highest BCUT2D eigenvalue weighted by Gasteiger charge is 2.33. The molecule has 0 spiro atoms. The Morgan fingerprint density at radius 2 is 1.50 bits per heavy atom. The summed E-state index contributed by atoms with van der Waals surface area (Å²) in [6.07, 6.45) is 1.92. The van der Waals surface area contributed by atoms with E-state index in [9.17, 15) is 0 Å². The Labute approximate surface area is 135 Å². The van der Waals surface area contributed by atoms with Crippen molar-refractivity contribution < 1.29 is 0 Å². The van der Waals surface area contributed by atoms with Crippen LogP contribution in [-0.2, 0) is 0 Å². The minimum absolute atomic E-state index is 0.280. The lowest BCUT2D eigenvalue weighted by Gasteiger charge is -2.31. The summed E-state index contributed by atoms with van der Waals surface area (Å²) < 4.78 is 0. The van der Waals surface area contributed by atoms with E-state index in [0.717, 1.165) is 11.3 Å². The summed E-state index contributed by atoms with van der Waals surface area (Å²) in [5.74, 6) is 3.28. The molecule has 2 heteroatoms. The van der Waals surface area contributed by atoms with Crippen LogP contribution in [0, 0.1) is 18.4 Å². The van der Waals surface area contributed by atoms with Crippen molar-refractivity contribution in [1.82, 2.24) is 4.98 Å². The van der Waals surface area contributed by atoms with Gasteiger partial charge in [0.05, 0.1) is 0 Å². The highest BCUT2D eigenvalue weighted by atomic mass is 28.3. The van der Waals surface area contributed by atoms with Crippen LogP contribution in [0.25, 0.3) is 11.1 Å². The molecule has 1 aromatic heterocycles. The second-order valence-corrected chi connectivity index (χ2v) is 12.4. The highest BCUT2D eigenvalue weighted by molar-refractivity contribution is 6.87. The van der Waals surface area contributed by atoms with Gasteiger partial charge in [0.2, 0.25) is 0 Å². The average Bonchev–Trinajstić information content (AvgIpc) is 2.45. The third-order valence-electron chi connectivity index (χ3n) is 4.53. The average molecular weight is 308 g/mol. The van der Waals surface area contributed by atoms with Gasteiger partial charge in [-0.1, -0.05) is 75.7 Å². The summed E-state index contributed by atoms with van der Waals surface area (Å²) in [7, 11) is -1.57. The first-order chi connectivity index (χ1) is 10.2. The van der Waals surface area contributed by atoms with Gasteiger partial charge in [-0.3, -0.25) is 0 Å². The molecule has 2 aromatic rings. The first-order valence-corrected chi connectivity index (χ1v) is 10.8. The van der Waals surface area contributed by atoms with Gasteiger partial charge in [0.1, 0.15) is 13.8 Å². The molecule has 1 aromatic carbocycles. The number of rotatable bonds is 1. The van der Waals surface area contributed by atoms with Crippen LogP contribution in [0.2, 0.25) is 18.1 Å². The van der Waals surface area contributed by atoms with E-state index in [2.05, 4.69) is 87.6 Å². The fraction of sp³-hybridized carbons (Fsp3) is 0.350. The number of hydrogen-bond donors (Lipinski definition) is 0. The molecule has 22 heavy (non-hydrogen) atoms. The Morgan fingerprint density at radius 1 is 0.909 bits per heavy atom. The molecular formula is C20H25NSi. The van der Waals surface area contributed by atoms with Crippen LogP contribution in [0.3, 0.4) is 0 Å². The van der Waals surface area contributed by atoms with E-state index in [1.165, 1.54) is 11.1 Å². The van der Waals surface area contributed by atoms with Gasteiger partial charge in [-0.2, -0.15) is 0 Å². The number of hydrogen-bond acceptors (Lipinski definition) is 1. The SMILES string of the molecule is Cc1ccc(-c2ccc(C#C[Si](C)(C)C(C)(C)C)nc2)cc1. The van der Waals surface area contributed by atoms with Crippen molar-refractivity contribution >= 4 is 8.07 Å². The van der Waals surface area contributed by atoms with E-state index in [-0.39, 0.29) is 5.04 Å². The van der Waals surface area contributed by atoms with E-state index in [0.29, 0.717) is 0 Å². The predicted molar refractivity (Wildman–Crippen MR) is 98.5 cm³/mol. The van der Waals surface area contributed by atoms with Crippen LogP contribution in [0.15, 0.2) is 42.6 Å². The largest absolute Gasteiger partial charge is 0.247 e. The number of aryl methyl sites for hydroxylation is 1. The maximum Gasteiger partial charge on any atom is 0.138 e. The Bertz CT molecular complexity index is 693. The van der Waals surface area contributed by atoms with Crippen molar-refractivity contribution in [2.75, 3.05) is 0 Å². The van der Waals surface area contributed by atoms with Gasteiger partial charge in [-0.15, -0.1) is 5.54 Å². The highest BCUT2D eigenvalue weighted by Crippen LogP contribution is 2.35. The van der Waals surface area contributed by atoms with Crippen LogP contribution < -0.4 is 0 Å². The molecule has 114 valence electrons. The fourth-order valence-electron chi connectivity index (χ4n) is 1.79. The summed E-state index contributed by atoms with van der Waals surface area (Å²) in [4.78, 5) is 4.51. The zero-order valence-corrected chi connectivity index (χ0v) is 15.5. The molecular weight excluding hydrogens is 282 g/mol. The van der Waals surface area contributed by atoms with Crippen LogP contribution in [-0.4, -0.2) is 13.1 Å². The molecule has 0 bridgehead atoms. The molecule has 0 aliphatic carbocycles. The Morgan fingerprint density at radius 3 is 2.00 bits per heavy atom. The van der Waals surface area contributed by atoms with Crippen molar-refractivity contribution in [3.63, 3.8) is 0 Å². The Kier molecular flexibility index (Phi) is 4.58. The molecule has 0 saturated heterocycles. The monoisotopic (exact) mass is 307 g/mol. The standard InChI is InChI=1S/C20H25NSi/c1-16-7-9-17(10-8-16)18-11-12-19(21-15-18)13-14-22(5,6)20(2,3)4/h7-12,15H,1-6H3. The van der Waals surface area contributed by atoms with E-state index >= 15 is 0 Å². The van der Waals surface area contributed by atoms with Crippen LogP contribution in [0.5, 0.6) is 0 Å². The first-order valence-electron chi connectivity index (χ1n) is 7.75. The van der Waals surface area contributed by atoms with Crippen molar-refractivity contribution in [2.45, 2.75) is 45.8 Å².